The topological polar surface area (TPSA) is 45.4 Å². The number of hydrogen-bond donors (Lipinski definition) is 1. The van der Waals surface area contributed by atoms with E-state index < -0.39 is 0 Å². The number of nitrogens with zero attached hydrogens (tertiary/aromatic N) is 3. The Morgan fingerprint density at radius 1 is 1.47 bits per heavy atom. The lowest BCUT2D eigenvalue weighted by Crippen LogP contribution is -2.41. The molecule has 0 saturated carbocycles. The van der Waals surface area contributed by atoms with E-state index in [9.17, 15) is 0 Å². The fraction of sp³-hybridized carbons (Fsp3) is 0.571. The third kappa shape index (κ3) is 3.72. The zero-order chi connectivity index (χ0) is 13.8. The Balaban J connectivity index is 1.98. The number of nitrogens with two attached hydrogens (primary N) is 1. The Labute approximate surface area is 120 Å². The monoisotopic (exact) mass is 278 g/mol. The molecule has 1 saturated heterocycles. The maximum absolute atomic E-state index is 5.73. The van der Waals surface area contributed by atoms with Crippen molar-refractivity contribution in [1.29, 1.82) is 0 Å². The van der Waals surface area contributed by atoms with E-state index in [2.05, 4.69) is 34.9 Å². The number of pyridine rings is 1. The molecule has 1 fully saturated rings. The number of hydrogen-bond acceptors (Lipinski definition) is 4. The molecule has 0 atom stereocenters. The van der Waals surface area contributed by atoms with Crippen molar-refractivity contribution in [3.8, 4) is 0 Å². The second kappa shape index (κ2) is 6.41. The molecule has 0 unspecified atom stereocenters. The van der Waals surface area contributed by atoms with Crippen molar-refractivity contribution < 1.29 is 0 Å². The van der Waals surface area contributed by atoms with Crippen molar-refractivity contribution in [3.05, 3.63) is 29.6 Å². The van der Waals surface area contributed by atoms with Crippen molar-refractivity contribution in [2.75, 3.05) is 27.2 Å². The molecule has 2 heterocycles. The van der Waals surface area contributed by atoms with Crippen LogP contribution in [0, 0.1) is 0 Å². The summed E-state index contributed by atoms with van der Waals surface area (Å²) in [5.41, 5.74) is 7.63. The van der Waals surface area contributed by atoms with Crippen LogP contribution in [0.5, 0.6) is 0 Å². The molecule has 1 aromatic heterocycles. The van der Waals surface area contributed by atoms with Gasteiger partial charge in [-0.25, -0.2) is 0 Å². The number of thiocarbonyl (C=S) groups is 1. The van der Waals surface area contributed by atoms with Gasteiger partial charge in [-0.1, -0.05) is 18.3 Å². The van der Waals surface area contributed by atoms with Crippen molar-refractivity contribution in [2.24, 2.45) is 5.73 Å². The van der Waals surface area contributed by atoms with E-state index in [0.29, 0.717) is 11.0 Å². The fourth-order valence-corrected chi connectivity index (χ4v) is 2.81. The first-order valence-electron chi connectivity index (χ1n) is 6.70. The molecular weight excluding hydrogens is 256 g/mol. The van der Waals surface area contributed by atoms with Crippen molar-refractivity contribution >= 4 is 17.2 Å². The third-order valence-corrected chi connectivity index (χ3v) is 4.00. The van der Waals surface area contributed by atoms with Crippen LogP contribution in [-0.2, 0) is 6.54 Å². The highest BCUT2D eigenvalue weighted by Crippen LogP contribution is 2.17. The zero-order valence-electron chi connectivity index (χ0n) is 11.7. The molecular formula is C14H22N4S. The zero-order valence-corrected chi connectivity index (χ0v) is 12.5. The maximum Gasteiger partial charge on any atom is 0.123 e. The molecule has 1 aliphatic heterocycles. The summed E-state index contributed by atoms with van der Waals surface area (Å²) in [6.07, 6.45) is 4.18. The van der Waals surface area contributed by atoms with Gasteiger partial charge in [0.2, 0.25) is 0 Å². The Kier molecular flexibility index (Phi) is 4.85. The van der Waals surface area contributed by atoms with Gasteiger partial charge in [0.25, 0.3) is 0 Å². The minimum absolute atomic E-state index is 0.388. The normalized spacial score (nSPS) is 17.8. The smallest absolute Gasteiger partial charge is 0.123 e. The van der Waals surface area contributed by atoms with Gasteiger partial charge in [-0.2, -0.15) is 0 Å². The summed E-state index contributed by atoms with van der Waals surface area (Å²) in [5.74, 6) is 0. The second-order valence-electron chi connectivity index (χ2n) is 5.35. The first kappa shape index (κ1) is 14.4. The van der Waals surface area contributed by atoms with Gasteiger partial charge in [0.15, 0.2) is 0 Å². The molecule has 0 aliphatic carbocycles. The van der Waals surface area contributed by atoms with E-state index in [0.717, 1.165) is 30.9 Å². The summed E-state index contributed by atoms with van der Waals surface area (Å²) in [6.45, 7) is 3.13. The minimum atomic E-state index is 0.388. The van der Waals surface area contributed by atoms with E-state index >= 15 is 0 Å². The highest BCUT2D eigenvalue weighted by atomic mass is 32.1. The van der Waals surface area contributed by atoms with Crippen LogP contribution >= 0.6 is 12.2 Å². The quantitative estimate of drug-likeness (QED) is 0.840. The van der Waals surface area contributed by atoms with Crippen LogP contribution in [0.2, 0.25) is 0 Å². The molecule has 0 amide bonds. The van der Waals surface area contributed by atoms with E-state index in [1.165, 1.54) is 12.8 Å². The third-order valence-electron chi connectivity index (χ3n) is 3.81. The molecule has 4 nitrogen and oxygen atoms in total. The number of aromatic nitrogens is 1. The van der Waals surface area contributed by atoms with Gasteiger partial charge in [0, 0.05) is 18.8 Å². The van der Waals surface area contributed by atoms with E-state index in [-0.39, 0.29) is 0 Å². The first-order valence-corrected chi connectivity index (χ1v) is 7.11. The van der Waals surface area contributed by atoms with Gasteiger partial charge >= 0.3 is 0 Å². The molecule has 0 aromatic carbocycles. The molecule has 1 aromatic rings. The summed E-state index contributed by atoms with van der Waals surface area (Å²) < 4.78 is 0. The highest BCUT2D eigenvalue weighted by Gasteiger charge is 2.21. The molecule has 2 rings (SSSR count). The van der Waals surface area contributed by atoms with Crippen LogP contribution in [0.4, 0.5) is 0 Å². The van der Waals surface area contributed by atoms with Crippen LogP contribution < -0.4 is 5.73 Å². The van der Waals surface area contributed by atoms with Crippen molar-refractivity contribution in [2.45, 2.75) is 25.4 Å². The summed E-state index contributed by atoms with van der Waals surface area (Å²) in [4.78, 5) is 9.45. The van der Waals surface area contributed by atoms with Crippen LogP contribution in [0.3, 0.4) is 0 Å². The maximum atomic E-state index is 5.73. The van der Waals surface area contributed by atoms with Gasteiger partial charge in [0.1, 0.15) is 10.7 Å². The van der Waals surface area contributed by atoms with Gasteiger partial charge in [-0.3, -0.25) is 9.88 Å². The average Bonchev–Trinajstić information content (AvgIpc) is 2.39. The van der Waals surface area contributed by atoms with E-state index in [1.54, 1.807) is 6.20 Å². The Bertz CT molecular complexity index is 439. The summed E-state index contributed by atoms with van der Waals surface area (Å²) in [7, 11) is 4.32. The summed E-state index contributed by atoms with van der Waals surface area (Å²) >= 11 is 5.06. The molecule has 0 bridgehead atoms. The Morgan fingerprint density at radius 2 is 2.16 bits per heavy atom. The van der Waals surface area contributed by atoms with Gasteiger partial charge in [0.05, 0.1) is 0 Å². The molecule has 0 radical (unpaired) electrons. The summed E-state index contributed by atoms with van der Waals surface area (Å²) in [6, 6.07) is 4.73. The minimum Gasteiger partial charge on any atom is -0.388 e. The fourth-order valence-electron chi connectivity index (χ4n) is 2.62. The predicted molar refractivity (Wildman–Crippen MR) is 82.1 cm³/mol. The van der Waals surface area contributed by atoms with E-state index in [4.69, 9.17) is 18.0 Å². The van der Waals surface area contributed by atoms with Crippen molar-refractivity contribution in [1.82, 2.24) is 14.8 Å². The summed E-state index contributed by atoms with van der Waals surface area (Å²) in [5, 5.41) is 0. The number of rotatable bonds is 4. The lowest BCUT2D eigenvalue weighted by Gasteiger charge is -2.35. The molecule has 2 N–H and O–H groups in total. The second-order valence-corrected chi connectivity index (χ2v) is 5.79. The van der Waals surface area contributed by atoms with Crippen LogP contribution in [0.25, 0.3) is 0 Å². The molecule has 104 valence electrons. The molecule has 19 heavy (non-hydrogen) atoms. The van der Waals surface area contributed by atoms with Gasteiger partial charge < -0.3 is 10.6 Å². The van der Waals surface area contributed by atoms with Gasteiger partial charge in [-0.05, 0) is 51.7 Å². The van der Waals surface area contributed by atoms with E-state index in [1.807, 2.05) is 6.07 Å². The predicted octanol–water partition coefficient (Wildman–Crippen LogP) is 1.24. The first-order chi connectivity index (χ1) is 9.08. The largest absolute Gasteiger partial charge is 0.388 e. The molecule has 1 aliphatic rings. The van der Waals surface area contributed by atoms with Crippen LogP contribution in [0.15, 0.2) is 18.3 Å². The number of piperidine rings is 1. The standard InChI is InChI=1S/C14H22N4S/c1-17(2)12-5-8-18(9-6-12)10-11-4-3-7-16-13(11)14(15)19/h3-4,7,12H,5-6,8-10H2,1-2H3,(H2,15,19). The molecule has 5 heteroatoms. The SMILES string of the molecule is CN(C)C1CCN(Cc2cccnc2C(N)=S)CC1. The lowest BCUT2D eigenvalue weighted by atomic mass is 10.0. The Hall–Kier alpha value is -1.04. The van der Waals surface area contributed by atoms with Gasteiger partial charge in [-0.15, -0.1) is 0 Å². The average molecular weight is 278 g/mol. The van der Waals surface area contributed by atoms with Crippen molar-refractivity contribution in [3.63, 3.8) is 0 Å². The van der Waals surface area contributed by atoms with Crippen LogP contribution in [-0.4, -0.2) is 53.0 Å². The highest BCUT2D eigenvalue weighted by molar-refractivity contribution is 7.80. The number of likely N-dealkylation sites (tertiary alicyclic amines) is 1. The lowest BCUT2D eigenvalue weighted by molar-refractivity contribution is 0.140. The van der Waals surface area contributed by atoms with Crippen LogP contribution in [0.1, 0.15) is 24.1 Å². The molecule has 0 spiro atoms. The Morgan fingerprint density at radius 3 is 2.74 bits per heavy atom.